The van der Waals surface area contributed by atoms with Gasteiger partial charge in [-0.3, -0.25) is 14.8 Å². The lowest BCUT2D eigenvalue weighted by Gasteiger charge is -2.03. The molecule has 0 aliphatic carbocycles. The van der Waals surface area contributed by atoms with Gasteiger partial charge in [-0.05, 0) is 18.2 Å². The molecule has 0 aliphatic rings. The van der Waals surface area contributed by atoms with Crippen LogP contribution < -0.4 is 5.32 Å². The highest BCUT2D eigenvalue weighted by Crippen LogP contribution is 2.14. The number of nitrogens with one attached hydrogen (secondary N) is 1. The van der Waals surface area contributed by atoms with Gasteiger partial charge in [-0.15, -0.1) is 0 Å². The first-order valence-corrected chi connectivity index (χ1v) is 4.80. The number of hydrogen-bond donors (Lipinski definition) is 1. The number of rotatable bonds is 2. The number of amides is 1. The summed E-state index contributed by atoms with van der Waals surface area (Å²) in [6.07, 6.45) is 3.75. The molecule has 2 aromatic rings. The Bertz CT molecular complexity index is 496. The second-order valence-electron chi connectivity index (χ2n) is 3.16. The first kappa shape index (κ1) is 9.58. The minimum atomic E-state index is -0.00163. The number of fused-ring (bicyclic) bond motifs is 1. The van der Waals surface area contributed by atoms with Gasteiger partial charge in [-0.2, -0.15) is 0 Å². The lowest BCUT2D eigenvalue weighted by atomic mass is 10.2. The molecule has 0 radical (unpaired) electrons. The average Bonchev–Trinajstić information content (AvgIpc) is 2.29. The molecule has 0 atom stereocenters. The van der Waals surface area contributed by atoms with Crippen LogP contribution in [0.5, 0.6) is 0 Å². The van der Waals surface area contributed by atoms with Gasteiger partial charge < -0.3 is 5.32 Å². The molecule has 15 heavy (non-hydrogen) atoms. The van der Waals surface area contributed by atoms with Crippen LogP contribution in [0.15, 0.2) is 30.6 Å². The number of carbonyl (C=O) groups is 1. The lowest BCUT2D eigenvalue weighted by molar-refractivity contribution is -0.115. The highest BCUT2D eigenvalue weighted by atomic mass is 16.1. The normalized spacial score (nSPS) is 10.2. The van der Waals surface area contributed by atoms with Crippen molar-refractivity contribution in [2.24, 2.45) is 0 Å². The molecule has 4 nitrogen and oxygen atoms in total. The van der Waals surface area contributed by atoms with Crippen molar-refractivity contribution in [2.45, 2.75) is 13.3 Å². The molecule has 0 aliphatic heterocycles. The van der Waals surface area contributed by atoms with E-state index in [4.69, 9.17) is 0 Å². The minimum absolute atomic E-state index is 0.00163. The number of benzene rings is 1. The number of hydrogen-bond acceptors (Lipinski definition) is 3. The Labute approximate surface area is 87.4 Å². The average molecular weight is 201 g/mol. The van der Waals surface area contributed by atoms with Crippen LogP contribution in [-0.4, -0.2) is 15.9 Å². The van der Waals surface area contributed by atoms with E-state index >= 15 is 0 Å². The van der Waals surface area contributed by atoms with Crippen molar-refractivity contribution in [1.82, 2.24) is 9.97 Å². The molecule has 0 bridgehead atoms. The molecule has 1 heterocycles. The van der Waals surface area contributed by atoms with Crippen LogP contribution in [0.1, 0.15) is 13.3 Å². The Morgan fingerprint density at radius 3 is 2.73 bits per heavy atom. The summed E-state index contributed by atoms with van der Waals surface area (Å²) in [6, 6.07) is 5.48. The zero-order valence-corrected chi connectivity index (χ0v) is 8.40. The Balaban J connectivity index is 2.34. The smallest absolute Gasteiger partial charge is 0.224 e. The maximum atomic E-state index is 11.2. The summed E-state index contributed by atoms with van der Waals surface area (Å²) < 4.78 is 0. The van der Waals surface area contributed by atoms with E-state index in [1.807, 2.05) is 25.1 Å². The van der Waals surface area contributed by atoms with Crippen molar-refractivity contribution in [3.8, 4) is 0 Å². The van der Waals surface area contributed by atoms with Crippen molar-refractivity contribution in [1.29, 1.82) is 0 Å². The Morgan fingerprint density at radius 2 is 2.00 bits per heavy atom. The molecule has 0 saturated heterocycles. The summed E-state index contributed by atoms with van der Waals surface area (Å²) in [7, 11) is 0. The summed E-state index contributed by atoms with van der Waals surface area (Å²) in [5, 5.41) is 2.78. The van der Waals surface area contributed by atoms with Crippen molar-refractivity contribution in [3.05, 3.63) is 30.6 Å². The fourth-order valence-corrected chi connectivity index (χ4v) is 1.29. The Hall–Kier alpha value is -1.97. The predicted octanol–water partition coefficient (Wildman–Crippen LogP) is 1.98. The fraction of sp³-hybridized carbons (Fsp3) is 0.182. The Morgan fingerprint density at radius 1 is 1.27 bits per heavy atom. The van der Waals surface area contributed by atoms with Gasteiger partial charge in [0, 0.05) is 24.5 Å². The van der Waals surface area contributed by atoms with Gasteiger partial charge in [0.05, 0.1) is 11.0 Å². The molecule has 0 unspecified atom stereocenters. The monoisotopic (exact) mass is 201 g/mol. The van der Waals surface area contributed by atoms with Gasteiger partial charge >= 0.3 is 0 Å². The van der Waals surface area contributed by atoms with E-state index in [1.54, 1.807) is 12.4 Å². The highest BCUT2D eigenvalue weighted by molar-refractivity contribution is 5.92. The molecule has 1 N–H and O–H groups in total. The molecule has 2 rings (SSSR count). The molecule has 1 aromatic heterocycles. The molecule has 1 aromatic carbocycles. The summed E-state index contributed by atoms with van der Waals surface area (Å²) in [6.45, 7) is 1.82. The van der Waals surface area contributed by atoms with E-state index in [-0.39, 0.29) is 5.91 Å². The third-order valence-corrected chi connectivity index (χ3v) is 2.07. The summed E-state index contributed by atoms with van der Waals surface area (Å²) in [5.41, 5.74) is 2.37. The van der Waals surface area contributed by atoms with E-state index in [2.05, 4.69) is 15.3 Å². The third kappa shape index (κ3) is 2.10. The second-order valence-corrected chi connectivity index (χ2v) is 3.16. The molecule has 76 valence electrons. The van der Waals surface area contributed by atoms with E-state index in [0.717, 1.165) is 16.7 Å². The maximum absolute atomic E-state index is 11.2. The SMILES string of the molecule is CCC(=O)Nc1ccc2nccnc2c1. The summed E-state index contributed by atoms with van der Waals surface area (Å²) in [5.74, 6) is -0.00163. The predicted molar refractivity (Wildman–Crippen MR) is 58.5 cm³/mol. The Kier molecular flexibility index (Phi) is 2.58. The fourth-order valence-electron chi connectivity index (χ4n) is 1.29. The standard InChI is InChI=1S/C11H11N3O/c1-2-11(15)14-8-3-4-9-10(7-8)13-6-5-12-9/h3-7H,2H2,1H3,(H,14,15). The van der Waals surface area contributed by atoms with Gasteiger partial charge in [-0.1, -0.05) is 6.92 Å². The van der Waals surface area contributed by atoms with Gasteiger partial charge in [0.2, 0.25) is 5.91 Å². The molecular weight excluding hydrogens is 190 g/mol. The van der Waals surface area contributed by atoms with Crippen molar-refractivity contribution < 1.29 is 4.79 Å². The van der Waals surface area contributed by atoms with Gasteiger partial charge in [-0.25, -0.2) is 0 Å². The van der Waals surface area contributed by atoms with Crippen molar-refractivity contribution in [3.63, 3.8) is 0 Å². The van der Waals surface area contributed by atoms with Gasteiger partial charge in [0.1, 0.15) is 0 Å². The van der Waals surface area contributed by atoms with Crippen LogP contribution in [0.3, 0.4) is 0 Å². The molecule has 1 amide bonds. The van der Waals surface area contributed by atoms with Gasteiger partial charge in [0.15, 0.2) is 0 Å². The third-order valence-electron chi connectivity index (χ3n) is 2.07. The first-order valence-electron chi connectivity index (χ1n) is 4.80. The number of anilines is 1. The largest absolute Gasteiger partial charge is 0.326 e. The van der Waals surface area contributed by atoms with Crippen molar-refractivity contribution >= 4 is 22.6 Å². The van der Waals surface area contributed by atoms with Crippen LogP contribution >= 0.6 is 0 Å². The van der Waals surface area contributed by atoms with Crippen LogP contribution in [0.4, 0.5) is 5.69 Å². The van der Waals surface area contributed by atoms with Gasteiger partial charge in [0.25, 0.3) is 0 Å². The molecule has 4 heteroatoms. The van der Waals surface area contributed by atoms with Crippen molar-refractivity contribution in [2.75, 3.05) is 5.32 Å². The van der Waals surface area contributed by atoms with E-state index in [1.165, 1.54) is 0 Å². The molecule has 0 spiro atoms. The number of nitrogens with zero attached hydrogens (tertiary/aromatic N) is 2. The maximum Gasteiger partial charge on any atom is 0.224 e. The lowest BCUT2D eigenvalue weighted by Crippen LogP contribution is -2.09. The van der Waals surface area contributed by atoms with E-state index in [0.29, 0.717) is 6.42 Å². The van der Waals surface area contributed by atoms with E-state index in [9.17, 15) is 4.79 Å². The zero-order chi connectivity index (χ0) is 10.7. The quantitative estimate of drug-likeness (QED) is 0.808. The van der Waals surface area contributed by atoms with Crippen LogP contribution in [0, 0.1) is 0 Å². The van der Waals surface area contributed by atoms with Crippen LogP contribution in [0.2, 0.25) is 0 Å². The number of aromatic nitrogens is 2. The summed E-state index contributed by atoms with van der Waals surface area (Å²) in [4.78, 5) is 19.5. The molecular formula is C11H11N3O. The molecule has 0 fully saturated rings. The topological polar surface area (TPSA) is 54.9 Å². The summed E-state index contributed by atoms with van der Waals surface area (Å²) >= 11 is 0. The van der Waals surface area contributed by atoms with Crippen LogP contribution in [-0.2, 0) is 4.79 Å². The second kappa shape index (κ2) is 4.04. The number of carbonyl (C=O) groups excluding carboxylic acids is 1. The highest BCUT2D eigenvalue weighted by Gasteiger charge is 2.00. The first-order chi connectivity index (χ1) is 7.29. The minimum Gasteiger partial charge on any atom is -0.326 e. The molecule has 0 saturated carbocycles. The van der Waals surface area contributed by atoms with E-state index < -0.39 is 0 Å². The van der Waals surface area contributed by atoms with Crippen LogP contribution in [0.25, 0.3) is 11.0 Å². The zero-order valence-electron chi connectivity index (χ0n) is 8.40.